The molecule has 1 amide bonds. The van der Waals surface area contributed by atoms with Crippen molar-refractivity contribution in [2.24, 2.45) is 0 Å². The van der Waals surface area contributed by atoms with Crippen LogP contribution in [0.4, 0.5) is 0 Å². The zero-order chi connectivity index (χ0) is 8.27. The van der Waals surface area contributed by atoms with E-state index in [0.29, 0.717) is 0 Å². The van der Waals surface area contributed by atoms with Crippen LogP contribution in [0.2, 0.25) is 0 Å². The van der Waals surface area contributed by atoms with E-state index in [1.54, 1.807) is 0 Å². The third-order valence-electron chi connectivity index (χ3n) is 2.08. The molecule has 1 aliphatic heterocycles. The van der Waals surface area contributed by atoms with Gasteiger partial charge in [0.15, 0.2) is 0 Å². The van der Waals surface area contributed by atoms with Gasteiger partial charge in [0.2, 0.25) is 5.91 Å². The molecule has 0 radical (unpaired) electrons. The maximum absolute atomic E-state index is 11.1. The molecule has 11 heavy (non-hydrogen) atoms. The molecule has 2 N–H and O–H groups in total. The lowest BCUT2D eigenvalue weighted by Crippen LogP contribution is -2.41. The second kappa shape index (κ2) is 3.69. The normalized spacial score (nSPS) is 25.5. The molecule has 1 atom stereocenters. The van der Waals surface area contributed by atoms with E-state index in [4.69, 9.17) is 5.11 Å². The van der Waals surface area contributed by atoms with Gasteiger partial charge in [0, 0.05) is 0 Å². The van der Waals surface area contributed by atoms with Gasteiger partial charge in [-0.05, 0) is 26.4 Å². The fraction of sp³-hybridized carbons (Fsp3) is 0.857. The number of aliphatic hydroxyl groups is 1. The van der Waals surface area contributed by atoms with Crippen molar-refractivity contribution in [3.8, 4) is 0 Å². The lowest BCUT2D eigenvalue weighted by molar-refractivity contribution is -0.126. The Bertz CT molecular complexity index is 149. The van der Waals surface area contributed by atoms with Crippen LogP contribution in [-0.4, -0.2) is 42.3 Å². The van der Waals surface area contributed by atoms with Crippen LogP contribution in [0.1, 0.15) is 12.8 Å². The number of rotatable bonds is 2. The van der Waals surface area contributed by atoms with Crippen molar-refractivity contribution in [3.63, 3.8) is 0 Å². The largest absolute Gasteiger partial charge is 0.376 e. The molecule has 0 aliphatic carbocycles. The van der Waals surface area contributed by atoms with Crippen LogP contribution in [-0.2, 0) is 4.79 Å². The molecule has 1 fully saturated rings. The third-order valence-corrected chi connectivity index (χ3v) is 2.08. The Hall–Kier alpha value is -0.610. The minimum absolute atomic E-state index is 0.0258. The monoisotopic (exact) mass is 158 g/mol. The molecule has 64 valence electrons. The van der Waals surface area contributed by atoms with Gasteiger partial charge in [-0.2, -0.15) is 0 Å². The maximum atomic E-state index is 11.1. The van der Waals surface area contributed by atoms with Crippen molar-refractivity contribution in [1.29, 1.82) is 0 Å². The lowest BCUT2D eigenvalue weighted by atomic mass is 10.2. The molecular formula is C7H14N2O2. The number of nitrogens with zero attached hydrogens (tertiary/aromatic N) is 1. The Morgan fingerprint density at radius 3 is 3.00 bits per heavy atom. The summed E-state index contributed by atoms with van der Waals surface area (Å²) >= 11 is 0. The Kier molecular flexibility index (Phi) is 2.84. The van der Waals surface area contributed by atoms with E-state index in [0.717, 1.165) is 19.4 Å². The quantitative estimate of drug-likeness (QED) is 0.514. The number of carbonyl (C=O) groups excluding carboxylic acids is 1. The molecular weight excluding hydrogens is 144 g/mol. The highest BCUT2D eigenvalue weighted by Gasteiger charge is 2.26. The smallest absolute Gasteiger partial charge is 0.239 e. The van der Waals surface area contributed by atoms with Gasteiger partial charge >= 0.3 is 0 Å². The number of aliphatic hydroxyl groups excluding tert-OH is 1. The van der Waals surface area contributed by atoms with Crippen LogP contribution < -0.4 is 5.32 Å². The average Bonchev–Trinajstić information content (AvgIpc) is 2.36. The van der Waals surface area contributed by atoms with Gasteiger partial charge in [0.05, 0.1) is 6.04 Å². The second-order valence-electron chi connectivity index (χ2n) is 2.84. The fourth-order valence-electron chi connectivity index (χ4n) is 1.44. The van der Waals surface area contributed by atoms with Gasteiger partial charge in [0.1, 0.15) is 6.73 Å². The van der Waals surface area contributed by atoms with Crippen LogP contribution >= 0.6 is 0 Å². The molecule has 0 bridgehead atoms. The van der Waals surface area contributed by atoms with Gasteiger partial charge < -0.3 is 10.4 Å². The molecule has 0 aromatic rings. The predicted octanol–water partition coefficient (Wildman–Crippen LogP) is -0.853. The summed E-state index contributed by atoms with van der Waals surface area (Å²) in [6, 6.07) is -0.0258. The first-order chi connectivity index (χ1) is 5.25. The van der Waals surface area contributed by atoms with Crippen molar-refractivity contribution in [2.75, 3.05) is 20.3 Å². The van der Waals surface area contributed by atoms with Crippen molar-refractivity contribution in [1.82, 2.24) is 10.2 Å². The molecule has 0 saturated carbocycles. The summed E-state index contributed by atoms with van der Waals surface area (Å²) < 4.78 is 0. The highest BCUT2D eigenvalue weighted by atomic mass is 16.3. The van der Waals surface area contributed by atoms with E-state index in [1.165, 1.54) is 0 Å². The number of carbonyl (C=O) groups is 1. The number of amides is 1. The first-order valence-corrected chi connectivity index (χ1v) is 3.84. The summed E-state index contributed by atoms with van der Waals surface area (Å²) in [6.07, 6.45) is 1.97. The Morgan fingerprint density at radius 2 is 2.55 bits per heavy atom. The highest BCUT2D eigenvalue weighted by Crippen LogP contribution is 2.14. The van der Waals surface area contributed by atoms with Gasteiger partial charge in [0.25, 0.3) is 0 Å². The number of likely N-dealkylation sites (tertiary alicyclic amines) is 1. The van der Waals surface area contributed by atoms with E-state index >= 15 is 0 Å². The van der Waals surface area contributed by atoms with Crippen molar-refractivity contribution in [3.05, 3.63) is 0 Å². The average molecular weight is 158 g/mol. The molecule has 0 aromatic carbocycles. The zero-order valence-corrected chi connectivity index (χ0v) is 6.71. The lowest BCUT2D eigenvalue weighted by Gasteiger charge is -2.17. The fourth-order valence-corrected chi connectivity index (χ4v) is 1.44. The predicted molar refractivity (Wildman–Crippen MR) is 40.9 cm³/mol. The van der Waals surface area contributed by atoms with E-state index in [9.17, 15) is 4.79 Å². The third kappa shape index (κ3) is 1.91. The summed E-state index contributed by atoms with van der Waals surface area (Å²) in [7, 11) is 1.93. The van der Waals surface area contributed by atoms with E-state index in [-0.39, 0.29) is 18.7 Å². The molecule has 1 saturated heterocycles. The van der Waals surface area contributed by atoms with E-state index in [2.05, 4.69) is 5.32 Å². The molecule has 1 aliphatic rings. The molecule has 4 heteroatoms. The number of hydrogen-bond donors (Lipinski definition) is 2. The molecule has 1 rings (SSSR count). The minimum Gasteiger partial charge on any atom is -0.376 e. The van der Waals surface area contributed by atoms with E-state index in [1.807, 2.05) is 11.9 Å². The zero-order valence-electron chi connectivity index (χ0n) is 6.71. The summed E-state index contributed by atoms with van der Waals surface area (Å²) in [5.74, 6) is -0.0625. The van der Waals surface area contributed by atoms with Gasteiger partial charge in [-0.3, -0.25) is 9.69 Å². The summed E-state index contributed by atoms with van der Waals surface area (Å²) in [5.41, 5.74) is 0. The Labute approximate surface area is 66.2 Å². The van der Waals surface area contributed by atoms with Crippen LogP contribution in [0.3, 0.4) is 0 Å². The second-order valence-corrected chi connectivity index (χ2v) is 2.84. The Morgan fingerprint density at radius 1 is 1.82 bits per heavy atom. The number of nitrogens with one attached hydrogen (secondary N) is 1. The molecule has 0 aromatic heterocycles. The number of hydrogen-bond acceptors (Lipinski definition) is 3. The maximum Gasteiger partial charge on any atom is 0.239 e. The molecule has 4 nitrogen and oxygen atoms in total. The van der Waals surface area contributed by atoms with Gasteiger partial charge in [-0.15, -0.1) is 0 Å². The minimum atomic E-state index is -0.261. The first kappa shape index (κ1) is 8.49. The van der Waals surface area contributed by atoms with E-state index < -0.39 is 0 Å². The van der Waals surface area contributed by atoms with Crippen LogP contribution in [0.15, 0.2) is 0 Å². The highest BCUT2D eigenvalue weighted by molar-refractivity contribution is 5.81. The van der Waals surface area contributed by atoms with Crippen LogP contribution in [0, 0.1) is 0 Å². The molecule has 0 spiro atoms. The van der Waals surface area contributed by atoms with Gasteiger partial charge in [-0.25, -0.2) is 0 Å². The van der Waals surface area contributed by atoms with Crippen molar-refractivity contribution in [2.45, 2.75) is 18.9 Å². The summed E-state index contributed by atoms with van der Waals surface area (Å²) in [5, 5.41) is 10.8. The summed E-state index contributed by atoms with van der Waals surface area (Å²) in [6.45, 7) is 0.715. The SMILES string of the molecule is CN1CCC[C@H]1C(=O)NCO. The van der Waals surface area contributed by atoms with Crippen LogP contribution in [0.5, 0.6) is 0 Å². The number of likely N-dealkylation sites (N-methyl/N-ethyl adjacent to an activating group) is 1. The molecule has 1 heterocycles. The Balaban J connectivity index is 2.39. The standard InChI is InChI=1S/C7H14N2O2/c1-9-4-2-3-6(9)7(11)8-5-10/h6,10H,2-5H2,1H3,(H,8,11)/t6-/m0/s1. The first-order valence-electron chi connectivity index (χ1n) is 3.84. The van der Waals surface area contributed by atoms with Crippen LogP contribution in [0.25, 0.3) is 0 Å². The molecule has 0 unspecified atom stereocenters. The summed E-state index contributed by atoms with van der Waals surface area (Å²) in [4.78, 5) is 13.1. The van der Waals surface area contributed by atoms with Crippen molar-refractivity contribution < 1.29 is 9.90 Å². The van der Waals surface area contributed by atoms with Gasteiger partial charge in [-0.1, -0.05) is 0 Å². The topological polar surface area (TPSA) is 52.6 Å². The van der Waals surface area contributed by atoms with Crippen molar-refractivity contribution >= 4 is 5.91 Å².